The highest BCUT2D eigenvalue weighted by Crippen LogP contribution is 2.36. The maximum absolute atomic E-state index is 12.1. The van der Waals surface area contributed by atoms with E-state index in [9.17, 15) is 14.4 Å². The van der Waals surface area contributed by atoms with Crippen LogP contribution in [0.1, 0.15) is 42.5 Å². The summed E-state index contributed by atoms with van der Waals surface area (Å²) in [5, 5.41) is 8.16. The van der Waals surface area contributed by atoms with Crippen molar-refractivity contribution in [3.8, 4) is 5.75 Å². The van der Waals surface area contributed by atoms with Gasteiger partial charge in [0, 0.05) is 38.4 Å². The maximum atomic E-state index is 12.1. The van der Waals surface area contributed by atoms with Gasteiger partial charge in [-0.15, -0.1) is 0 Å². The van der Waals surface area contributed by atoms with E-state index in [-0.39, 0.29) is 36.6 Å². The van der Waals surface area contributed by atoms with Crippen molar-refractivity contribution in [2.75, 3.05) is 19.7 Å². The summed E-state index contributed by atoms with van der Waals surface area (Å²) in [4.78, 5) is 34.5. The second-order valence-corrected chi connectivity index (χ2v) is 6.19. The van der Waals surface area contributed by atoms with Crippen LogP contribution in [-0.2, 0) is 14.4 Å². The van der Waals surface area contributed by atoms with Crippen LogP contribution >= 0.6 is 0 Å². The molecule has 7 heteroatoms. The van der Waals surface area contributed by atoms with Gasteiger partial charge in [0.2, 0.25) is 17.7 Å². The molecule has 1 atom stereocenters. The summed E-state index contributed by atoms with van der Waals surface area (Å²) < 4.78 is 5.71. The number of aryl methyl sites for hydroxylation is 1. The number of hydrogen-bond donors (Lipinski definition) is 3. The van der Waals surface area contributed by atoms with Crippen LogP contribution in [0.15, 0.2) is 12.1 Å². The standard InChI is InChI=1S/C18H25N3O4/c1-11-4-5-14-15(10-25-18(14)12(11)2)21-17(24)7-6-16(23)20-9-8-19-13(3)22/h4-5,15H,6-10H2,1-3H3,(H,19,22)(H,20,23)(H,21,24)/t15-/m0/s1. The molecule has 3 N–H and O–H groups in total. The van der Waals surface area contributed by atoms with Gasteiger partial charge < -0.3 is 20.7 Å². The zero-order valence-electron chi connectivity index (χ0n) is 14.9. The highest BCUT2D eigenvalue weighted by molar-refractivity contribution is 5.84. The molecule has 1 aliphatic rings. The average molecular weight is 347 g/mol. The number of fused-ring (bicyclic) bond motifs is 1. The maximum Gasteiger partial charge on any atom is 0.221 e. The highest BCUT2D eigenvalue weighted by Gasteiger charge is 2.27. The molecule has 2 rings (SSSR count). The van der Waals surface area contributed by atoms with Gasteiger partial charge >= 0.3 is 0 Å². The van der Waals surface area contributed by atoms with E-state index < -0.39 is 0 Å². The van der Waals surface area contributed by atoms with Crippen LogP contribution < -0.4 is 20.7 Å². The molecule has 136 valence electrons. The minimum atomic E-state index is -0.213. The number of rotatable bonds is 7. The van der Waals surface area contributed by atoms with E-state index in [1.165, 1.54) is 6.92 Å². The third-order valence-corrected chi connectivity index (χ3v) is 4.21. The molecule has 1 aromatic rings. The largest absolute Gasteiger partial charge is 0.490 e. The van der Waals surface area contributed by atoms with Crippen molar-refractivity contribution in [3.05, 3.63) is 28.8 Å². The number of benzene rings is 1. The molecule has 0 fully saturated rings. The monoisotopic (exact) mass is 347 g/mol. The van der Waals surface area contributed by atoms with E-state index in [1.54, 1.807) is 0 Å². The summed E-state index contributed by atoms with van der Waals surface area (Å²) in [5.41, 5.74) is 3.23. The quantitative estimate of drug-likeness (QED) is 0.638. The van der Waals surface area contributed by atoms with Gasteiger partial charge in [-0.1, -0.05) is 12.1 Å². The van der Waals surface area contributed by atoms with Crippen molar-refractivity contribution < 1.29 is 19.1 Å². The summed E-state index contributed by atoms with van der Waals surface area (Å²) in [5.74, 6) is 0.311. The van der Waals surface area contributed by atoms with Crippen LogP contribution in [0.5, 0.6) is 5.75 Å². The minimum Gasteiger partial charge on any atom is -0.490 e. The molecule has 7 nitrogen and oxygen atoms in total. The normalized spacial score (nSPS) is 15.1. The van der Waals surface area contributed by atoms with Gasteiger partial charge in [-0.3, -0.25) is 14.4 Å². The van der Waals surface area contributed by atoms with Crippen molar-refractivity contribution in [1.82, 2.24) is 16.0 Å². The molecule has 25 heavy (non-hydrogen) atoms. The Morgan fingerprint density at radius 1 is 1.08 bits per heavy atom. The van der Waals surface area contributed by atoms with Crippen molar-refractivity contribution in [2.24, 2.45) is 0 Å². The molecular formula is C18H25N3O4. The van der Waals surface area contributed by atoms with Crippen molar-refractivity contribution in [1.29, 1.82) is 0 Å². The van der Waals surface area contributed by atoms with Crippen molar-refractivity contribution in [3.63, 3.8) is 0 Å². The predicted octanol–water partition coefficient (Wildman–Crippen LogP) is 0.886. The number of hydrogen-bond acceptors (Lipinski definition) is 4. The third kappa shape index (κ3) is 5.20. The van der Waals surface area contributed by atoms with E-state index in [0.717, 1.165) is 22.4 Å². The molecule has 0 bridgehead atoms. The number of carbonyl (C=O) groups excluding carboxylic acids is 3. The second-order valence-electron chi connectivity index (χ2n) is 6.19. The molecule has 1 heterocycles. The van der Waals surface area contributed by atoms with E-state index in [0.29, 0.717) is 19.7 Å². The lowest BCUT2D eigenvalue weighted by Gasteiger charge is -2.12. The Labute approximate surface area is 147 Å². The molecule has 0 saturated heterocycles. The molecule has 3 amide bonds. The Bertz CT molecular complexity index is 673. The Morgan fingerprint density at radius 3 is 2.48 bits per heavy atom. The molecular weight excluding hydrogens is 322 g/mol. The first-order valence-electron chi connectivity index (χ1n) is 8.42. The van der Waals surface area contributed by atoms with Crippen molar-refractivity contribution in [2.45, 2.75) is 39.7 Å². The first-order valence-corrected chi connectivity index (χ1v) is 8.42. The molecule has 0 aliphatic carbocycles. The SMILES string of the molecule is CC(=O)NCCNC(=O)CCC(=O)N[C@H]1COc2c1ccc(C)c2C. The number of carbonyl (C=O) groups is 3. The fourth-order valence-electron chi connectivity index (χ4n) is 2.68. The zero-order valence-corrected chi connectivity index (χ0v) is 14.9. The zero-order chi connectivity index (χ0) is 18.4. The summed E-state index contributed by atoms with van der Waals surface area (Å²) >= 11 is 0. The molecule has 0 aromatic heterocycles. The first-order chi connectivity index (χ1) is 11.9. The van der Waals surface area contributed by atoms with Crippen LogP contribution in [0.4, 0.5) is 0 Å². The smallest absolute Gasteiger partial charge is 0.221 e. The Hall–Kier alpha value is -2.57. The molecule has 0 unspecified atom stereocenters. The van der Waals surface area contributed by atoms with Crippen LogP contribution in [0, 0.1) is 13.8 Å². The Morgan fingerprint density at radius 2 is 1.76 bits per heavy atom. The number of nitrogens with one attached hydrogen (secondary N) is 3. The van der Waals surface area contributed by atoms with E-state index in [1.807, 2.05) is 26.0 Å². The van der Waals surface area contributed by atoms with E-state index in [4.69, 9.17) is 4.74 Å². The predicted molar refractivity (Wildman–Crippen MR) is 93.2 cm³/mol. The van der Waals surface area contributed by atoms with Gasteiger partial charge in [0.15, 0.2) is 0 Å². The molecule has 1 aliphatic heterocycles. The Kier molecular flexibility index (Phi) is 6.38. The molecule has 0 radical (unpaired) electrons. The highest BCUT2D eigenvalue weighted by atomic mass is 16.5. The van der Waals surface area contributed by atoms with Gasteiger partial charge in [-0.05, 0) is 25.0 Å². The summed E-state index contributed by atoms with van der Waals surface area (Å²) in [7, 11) is 0. The van der Waals surface area contributed by atoms with Gasteiger partial charge in [0.25, 0.3) is 0 Å². The third-order valence-electron chi connectivity index (χ3n) is 4.21. The van der Waals surface area contributed by atoms with Gasteiger partial charge in [-0.25, -0.2) is 0 Å². The van der Waals surface area contributed by atoms with Crippen LogP contribution in [0.2, 0.25) is 0 Å². The lowest BCUT2D eigenvalue weighted by Crippen LogP contribution is -2.35. The Balaban J connectivity index is 1.74. The summed E-state index contributed by atoms with van der Waals surface area (Å²) in [6.07, 6.45) is 0.224. The topological polar surface area (TPSA) is 96.5 Å². The summed E-state index contributed by atoms with van der Waals surface area (Å²) in [6.45, 7) is 6.58. The van der Waals surface area contributed by atoms with E-state index in [2.05, 4.69) is 16.0 Å². The average Bonchev–Trinajstić information content (AvgIpc) is 2.96. The lowest BCUT2D eigenvalue weighted by atomic mass is 10.0. The van der Waals surface area contributed by atoms with Gasteiger partial charge in [0.1, 0.15) is 12.4 Å². The fourth-order valence-corrected chi connectivity index (χ4v) is 2.68. The van der Waals surface area contributed by atoms with E-state index >= 15 is 0 Å². The van der Waals surface area contributed by atoms with Gasteiger partial charge in [-0.2, -0.15) is 0 Å². The van der Waals surface area contributed by atoms with Crippen LogP contribution in [0.25, 0.3) is 0 Å². The molecule has 1 aromatic carbocycles. The van der Waals surface area contributed by atoms with Crippen LogP contribution in [-0.4, -0.2) is 37.4 Å². The molecule has 0 spiro atoms. The summed E-state index contributed by atoms with van der Waals surface area (Å²) in [6, 6.07) is 3.82. The second kappa shape index (κ2) is 8.50. The molecule has 0 saturated carbocycles. The number of amides is 3. The first kappa shape index (κ1) is 18.8. The van der Waals surface area contributed by atoms with Crippen molar-refractivity contribution >= 4 is 17.7 Å². The lowest BCUT2D eigenvalue weighted by molar-refractivity contribution is -0.126. The van der Waals surface area contributed by atoms with Gasteiger partial charge in [0.05, 0.1) is 6.04 Å². The minimum absolute atomic E-state index is 0.110. The van der Waals surface area contributed by atoms with Crippen LogP contribution in [0.3, 0.4) is 0 Å². The number of ether oxygens (including phenoxy) is 1. The fraction of sp³-hybridized carbons (Fsp3) is 0.500.